The van der Waals surface area contributed by atoms with Gasteiger partial charge in [0.15, 0.2) is 0 Å². The molecule has 20 heavy (non-hydrogen) atoms. The second-order valence-electron chi connectivity index (χ2n) is 6.38. The van der Waals surface area contributed by atoms with Crippen LogP contribution in [0.5, 0.6) is 0 Å². The molecule has 0 aliphatic carbocycles. The van der Waals surface area contributed by atoms with Crippen molar-refractivity contribution in [1.82, 2.24) is 4.90 Å². The fourth-order valence-corrected chi connectivity index (χ4v) is 4.05. The van der Waals surface area contributed by atoms with E-state index in [1.807, 2.05) is 0 Å². The second kappa shape index (κ2) is 5.66. The van der Waals surface area contributed by atoms with Crippen molar-refractivity contribution in [2.24, 2.45) is 5.73 Å². The Morgan fingerprint density at radius 3 is 3.10 bits per heavy atom. The maximum Gasteiger partial charge on any atom is 0.0523 e. The highest BCUT2D eigenvalue weighted by atomic mass is 79.9. The largest absolute Gasteiger partial charge is 0.377 e. The predicted octanol–water partition coefficient (Wildman–Crippen LogP) is 3.13. The van der Waals surface area contributed by atoms with Crippen LogP contribution in [0.2, 0.25) is 0 Å². The fourth-order valence-electron chi connectivity index (χ4n) is 3.70. The zero-order valence-electron chi connectivity index (χ0n) is 12.2. The lowest BCUT2D eigenvalue weighted by molar-refractivity contribution is 0.145. The molecule has 0 saturated carbocycles. The van der Waals surface area contributed by atoms with Crippen molar-refractivity contribution >= 4 is 21.6 Å². The highest BCUT2D eigenvalue weighted by Crippen LogP contribution is 2.36. The van der Waals surface area contributed by atoms with Crippen LogP contribution in [-0.2, 0) is 0 Å². The zero-order valence-corrected chi connectivity index (χ0v) is 13.7. The van der Waals surface area contributed by atoms with Crippen molar-refractivity contribution < 1.29 is 0 Å². The molecule has 1 aromatic carbocycles. The average Bonchev–Trinajstić information content (AvgIpc) is 2.90. The Morgan fingerprint density at radius 2 is 2.30 bits per heavy atom. The topological polar surface area (TPSA) is 41.3 Å². The zero-order chi connectivity index (χ0) is 14.2. The first-order valence-corrected chi connectivity index (χ1v) is 8.40. The Labute approximate surface area is 130 Å². The van der Waals surface area contributed by atoms with E-state index in [9.17, 15) is 0 Å². The van der Waals surface area contributed by atoms with Gasteiger partial charge in [-0.25, -0.2) is 0 Å². The molecule has 0 radical (unpaired) electrons. The van der Waals surface area contributed by atoms with Gasteiger partial charge in [-0.15, -0.1) is 0 Å². The Balaban J connectivity index is 1.81. The van der Waals surface area contributed by atoms with Gasteiger partial charge >= 0.3 is 0 Å². The molecule has 0 aromatic heterocycles. The average molecular weight is 338 g/mol. The SMILES string of the molecule is Cc1ccc(Br)c(NC2(CN)CCN3CCCC3C2)c1. The first kappa shape index (κ1) is 14.4. The lowest BCUT2D eigenvalue weighted by Crippen LogP contribution is -2.55. The van der Waals surface area contributed by atoms with Gasteiger partial charge in [0, 0.05) is 29.3 Å². The normalized spacial score (nSPS) is 30.2. The third-order valence-electron chi connectivity index (χ3n) is 4.92. The van der Waals surface area contributed by atoms with Gasteiger partial charge in [0.05, 0.1) is 5.54 Å². The van der Waals surface area contributed by atoms with Crippen LogP contribution in [-0.4, -0.2) is 36.1 Å². The van der Waals surface area contributed by atoms with Crippen LogP contribution in [0.15, 0.2) is 22.7 Å². The molecule has 1 aromatic rings. The minimum atomic E-state index is 0.0574. The molecule has 2 unspecified atom stereocenters. The van der Waals surface area contributed by atoms with Crippen molar-refractivity contribution in [3.05, 3.63) is 28.2 Å². The number of halogens is 1. The first-order chi connectivity index (χ1) is 9.62. The van der Waals surface area contributed by atoms with Crippen molar-refractivity contribution in [1.29, 1.82) is 0 Å². The predicted molar refractivity (Wildman–Crippen MR) is 88.1 cm³/mol. The van der Waals surface area contributed by atoms with E-state index < -0.39 is 0 Å². The molecule has 0 amide bonds. The molecular weight excluding hydrogens is 314 g/mol. The van der Waals surface area contributed by atoms with E-state index in [2.05, 4.69) is 51.3 Å². The lowest BCUT2D eigenvalue weighted by Gasteiger charge is -2.45. The number of nitrogens with zero attached hydrogens (tertiary/aromatic N) is 1. The maximum absolute atomic E-state index is 6.16. The number of benzene rings is 1. The number of nitrogens with one attached hydrogen (secondary N) is 1. The van der Waals surface area contributed by atoms with Crippen LogP contribution in [0, 0.1) is 6.92 Å². The summed E-state index contributed by atoms with van der Waals surface area (Å²) in [6.45, 7) is 5.29. The number of fused-ring (bicyclic) bond motifs is 1. The molecule has 0 spiro atoms. The Hall–Kier alpha value is -0.580. The van der Waals surface area contributed by atoms with Crippen LogP contribution < -0.4 is 11.1 Å². The molecule has 110 valence electrons. The second-order valence-corrected chi connectivity index (χ2v) is 7.23. The summed E-state index contributed by atoms with van der Waals surface area (Å²) >= 11 is 3.65. The molecule has 2 heterocycles. The molecule has 3 N–H and O–H groups in total. The summed E-state index contributed by atoms with van der Waals surface area (Å²) in [7, 11) is 0. The van der Waals surface area contributed by atoms with E-state index in [0.29, 0.717) is 6.54 Å². The number of hydrogen-bond acceptors (Lipinski definition) is 3. The van der Waals surface area contributed by atoms with Gasteiger partial charge < -0.3 is 16.0 Å². The highest BCUT2D eigenvalue weighted by Gasteiger charge is 2.40. The smallest absolute Gasteiger partial charge is 0.0523 e. The number of hydrogen-bond donors (Lipinski definition) is 2. The van der Waals surface area contributed by atoms with Crippen LogP contribution in [0.4, 0.5) is 5.69 Å². The lowest BCUT2D eigenvalue weighted by atomic mass is 9.83. The molecule has 3 nitrogen and oxygen atoms in total. The van der Waals surface area contributed by atoms with Crippen LogP contribution in [0.1, 0.15) is 31.2 Å². The Morgan fingerprint density at radius 1 is 1.45 bits per heavy atom. The molecular formula is C16H24BrN3. The monoisotopic (exact) mass is 337 g/mol. The number of nitrogens with two attached hydrogens (primary N) is 1. The van der Waals surface area contributed by atoms with E-state index >= 15 is 0 Å². The molecule has 3 rings (SSSR count). The number of rotatable bonds is 3. The summed E-state index contributed by atoms with van der Waals surface area (Å²) in [5.41, 5.74) is 8.68. The van der Waals surface area contributed by atoms with Gasteiger partial charge in [-0.2, -0.15) is 0 Å². The minimum Gasteiger partial charge on any atom is -0.377 e. The van der Waals surface area contributed by atoms with Crippen LogP contribution in [0.25, 0.3) is 0 Å². The molecule has 2 aliphatic rings. The van der Waals surface area contributed by atoms with Gasteiger partial charge in [-0.1, -0.05) is 6.07 Å². The van der Waals surface area contributed by atoms with E-state index in [0.717, 1.165) is 16.9 Å². The van der Waals surface area contributed by atoms with Crippen LogP contribution >= 0.6 is 15.9 Å². The summed E-state index contributed by atoms with van der Waals surface area (Å²) in [5.74, 6) is 0. The van der Waals surface area contributed by atoms with E-state index in [4.69, 9.17) is 5.73 Å². The Kier molecular flexibility index (Phi) is 4.07. The molecule has 2 saturated heterocycles. The van der Waals surface area contributed by atoms with Crippen molar-refractivity contribution in [2.75, 3.05) is 25.0 Å². The quantitative estimate of drug-likeness (QED) is 0.890. The summed E-state index contributed by atoms with van der Waals surface area (Å²) in [4.78, 5) is 2.64. The van der Waals surface area contributed by atoms with Crippen molar-refractivity contribution in [2.45, 2.75) is 44.2 Å². The summed E-state index contributed by atoms with van der Waals surface area (Å²) in [6.07, 6.45) is 4.99. The molecule has 4 heteroatoms. The van der Waals surface area contributed by atoms with Gasteiger partial charge in [0.25, 0.3) is 0 Å². The van der Waals surface area contributed by atoms with Crippen LogP contribution in [0.3, 0.4) is 0 Å². The van der Waals surface area contributed by atoms with Gasteiger partial charge in [0.1, 0.15) is 0 Å². The van der Waals surface area contributed by atoms with Crippen molar-refractivity contribution in [3.8, 4) is 0 Å². The summed E-state index contributed by atoms with van der Waals surface area (Å²) in [6, 6.07) is 7.18. The summed E-state index contributed by atoms with van der Waals surface area (Å²) < 4.78 is 1.13. The number of piperidine rings is 1. The fraction of sp³-hybridized carbons (Fsp3) is 0.625. The minimum absolute atomic E-state index is 0.0574. The molecule has 2 aliphatic heterocycles. The summed E-state index contributed by atoms with van der Waals surface area (Å²) in [5, 5.41) is 3.77. The van der Waals surface area contributed by atoms with E-state index in [-0.39, 0.29) is 5.54 Å². The molecule has 2 fully saturated rings. The van der Waals surface area contributed by atoms with Gasteiger partial charge in [0.2, 0.25) is 0 Å². The first-order valence-electron chi connectivity index (χ1n) is 7.60. The number of anilines is 1. The maximum atomic E-state index is 6.16. The van der Waals surface area contributed by atoms with Crippen molar-refractivity contribution in [3.63, 3.8) is 0 Å². The van der Waals surface area contributed by atoms with E-state index in [1.54, 1.807) is 0 Å². The van der Waals surface area contributed by atoms with Gasteiger partial charge in [-0.05, 0) is 72.8 Å². The Bertz CT molecular complexity index is 491. The molecule has 2 atom stereocenters. The standard InChI is InChI=1S/C16H24BrN3/c1-12-4-5-14(17)15(9-12)19-16(11-18)6-8-20-7-2-3-13(20)10-16/h4-5,9,13,19H,2-3,6-8,10-11,18H2,1H3. The molecule has 0 bridgehead atoms. The van der Waals surface area contributed by atoms with Gasteiger partial charge in [-0.3, -0.25) is 0 Å². The number of aryl methyl sites for hydroxylation is 1. The third kappa shape index (κ3) is 2.74. The van der Waals surface area contributed by atoms with E-state index in [1.165, 1.54) is 43.6 Å². The third-order valence-corrected chi connectivity index (χ3v) is 5.61. The highest BCUT2D eigenvalue weighted by molar-refractivity contribution is 9.10.